The SMILES string of the molecule is CCOc1ccc2ccccc2c1C(N)CC(N)=O. The van der Waals surface area contributed by atoms with Crippen LogP contribution in [0.5, 0.6) is 5.75 Å². The van der Waals surface area contributed by atoms with Gasteiger partial charge in [0, 0.05) is 18.0 Å². The molecule has 0 bridgehead atoms. The Morgan fingerprint density at radius 1 is 1.26 bits per heavy atom. The summed E-state index contributed by atoms with van der Waals surface area (Å²) >= 11 is 0. The molecule has 100 valence electrons. The molecule has 0 saturated carbocycles. The predicted molar refractivity (Wildman–Crippen MR) is 75.9 cm³/mol. The number of hydrogen-bond acceptors (Lipinski definition) is 3. The van der Waals surface area contributed by atoms with Gasteiger partial charge < -0.3 is 16.2 Å². The second-order valence-electron chi connectivity index (χ2n) is 4.41. The molecule has 2 aromatic rings. The van der Waals surface area contributed by atoms with Gasteiger partial charge in [0.2, 0.25) is 5.91 Å². The summed E-state index contributed by atoms with van der Waals surface area (Å²) in [6.45, 7) is 2.47. The van der Waals surface area contributed by atoms with Gasteiger partial charge in [0.1, 0.15) is 5.75 Å². The zero-order valence-corrected chi connectivity index (χ0v) is 10.9. The zero-order valence-electron chi connectivity index (χ0n) is 10.9. The number of rotatable bonds is 5. The van der Waals surface area contributed by atoms with Crippen LogP contribution >= 0.6 is 0 Å². The first-order valence-corrected chi connectivity index (χ1v) is 6.31. The monoisotopic (exact) mass is 258 g/mol. The molecule has 2 rings (SSSR count). The minimum absolute atomic E-state index is 0.105. The molecule has 0 aliphatic carbocycles. The van der Waals surface area contributed by atoms with E-state index in [1.165, 1.54) is 0 Å². The molecule has 0 aliphatic heterocycles. The molecule has 0 radical (unpaired) electrons. The fraction of sp³-hybridized carbons (Fsp3) is 0.267. The Morgan fingerprint density at radius 3 is 2.68 bits per heavy atom. The molecule has 4 heteroatoms. The number of ether oxygens (including phenoxy) is 1. The van der Waals surface area contributed by atoms with Gasteiger partial charge in [-0.25, -0.2) is 0 Å². The fourth-order valence-corrected chi connectivity index (χ4v) is 2.26. The van der Waals surface area contributed by atoms with Gasteiger partial charge >= 0.3 is 0 Å². The van der Waals surface area contributed by atoms with Gasteiger partial charge in [0.15, 0.2) is 0 Å². The van der Waals surface area contributed by atoms with E-state index in [2.05, 4.69) is 0 Å². The van der Waals surface area contributed by atoms with Crippen LogP contribution in [0.1, 0.15) is 24.9 Å². The number of amides is 1. The van der Waals surface area contributed by atoms with E-state index in [9.17, 15) is 4.79 Å². The minimum atomic E-state index is -0.454. The summed E-state index contributed by atoms with van der Waals surface area (Å²) in [6.07, 6.45) is 0.105. The van der Waals surface area contributed by atoms with Crippen molar-refractivity contribution in [2.24, 2.45) is 11.5 Å². The third-order valence-electron chi connectivity index (χ3n) is 3.02. The van der Waals surface area contributed by atoms with Gasteiger partial charge in [0.25, 0.3) is 0 Å². The highest BCUT2D eigenvalue weighted by atomic mass is 16.5. The van der Waals surface area contributed by atoms with E-state index in [0.717, 1.165) is 22.1 Å². The molecular formula is C15H18N2O2. The average Bonchev–Trinajstić information content (AvgIpc) is 2.37. The van der Waals surface area contributed by atoms with Crippen molar-refractivity contribution in [3.63, 3.8) is 0 Å². The first-order valence-electron chi connectivity index (χ1n) is 6.31. The fourth-order valence-electron chi connectivity index (χ4n) is 2.26. The Morgan fingerprint density at radius 2 is 2.00 bits per heavy atom. The van der Waals surface area contributed by atoms with Crippen molar-refractivity contribution in [3.05, 3.63) is 42.0 Å². The molecule has 1 atom stereocenters. The third kappa shape index (κ3) is 2.85. The first kappa shape index (κ1) is 13.4. The van der Waals surface area contributed by atoms with E-state index in [0.29, 0.717) is 6.61 Å². The van der Waals surface area contributed by atoms with Crippen LogP contribution in [0.2, 0.25) is 0 Å². The van der Waals surface area contributed by atoms with Crippen molar-refractivity contribution < 1.29 is 9.53 Å². The van der Waals surface area contributed by atoms with E-state index < -0.39 is 11.9 Å². The Hall–Kier alpha value is -2.07. The highest BCUT2D eigenvalue weighted by Gasteiger charge is 2.17. The van der Waals surface area contributed by atoms with Crippen LogP contribution in [0.4, 0.5) is 0 Å². The maximum absolute atomic E-state index is 11.1. The lowest BCUT2D eigenvalue weighted by molar-refractivity contribution is -0.118. The quantitative estimate of drug-likeness (QED) is 0.862. The van der Waals surface area contributed by atoms with Crippen LogP contribution in [0, 0.1) is 0 Å². The normalized spacial score (nSPS) is 12.3. The van der Waals surface area contributed by atoms with E-state index >= 15 is 0 Å². The molecule has 0 aromatic heterocycles. The summed E-state index contributed by atoms with van der Waals surface area (Å²) in [7, 11) is 0. The van der Waals surface area contributed by atoms with Crippen molar-refractivity contribution in [1.29, 1.82) is 0 Å². The Balaban J connectivity index is 2.57. The summed E-state index contributed by atoms with van der Waals surface area (Å²) < 4.78 is 5.62. The lowest BCUT2D eigenvalue weighted by atomic mass is 9.96. The Labute approximate surface area is 112 Å². The number of carbonyl (C=O) groups is 1. The molecule has 2 aromatic carbocycles. The van der Waals surface area contributed by atoms with Gasteiger partial charge in [-0.05, 0) is 23.8 Å². The number of hydrogen-bond donors (Lipinski definition) is 2. The van der Waals surface area contributed by atoms with E-state index in [1.54, 1.807) is 0 Å². The molecule has 0 aliphatic rings. The number of fused-ring (bicyclic) bond motifs is 1. The maximum atomic E-state index is 11.1. The minimum Gasteiger partial charge on any atom is -0.494 e. The van der Waals surface area contributed by atoms with Gasteiger partial charge in [-0.2, -0.15) is 0 Å². The lowest BCUT2D eigenvalue weighted by Crippen LogP contribution is -2.21. The molecule has 0 spiro atoms. The molecule has 0 heterocycles. The average molecular weight is 258 g/mol. The van der Waals surface area contributed by atoms with Crippen molar-refractivity contribution in [2.45, 2.75) is 19.4 Å². The highest BCUT2D eigenvalue weighted by Crippen LogP contribution is 2.33. The highest BCUT2D eigenvalue weighted by molar-refractivity contribution is 5.89. The number of primary amides is 1. The number of nitrogens with two attached hydrogens (primary N) is 2. The molecule has 1 unspecified atom stereocenters. The number of benzene rings is 2. The molecule has 0 fully saturated rings. The largest absolute Gasteiger partial charge is 0.494 e. The summed E-state index contributed by atoms with van der Waals surface area (Å²) in [4.78, 5) is 11.1. The van der Waals surface area contributed by atoms with Gasteiger partial charge in [-0.3, -0.25) is 4.79 Å². The Bertz CT molecular complexity index is 596. The van der Waals surface area contributed by atoms with Crippen molar-refractivity contribution >= 4 is 16.7 Å². The van der Waals surface area contributed by atoms with Crippen molar-refractivity contribution in [3.8, 4) is 5.75 Å². The second kappa shape index (κ2) is 5.71. The lowest BCUT2D eigenvalue weighted by Gasteiger charge is -2.18. The maximum Gasteiger partial charge on any atom is 0.219 e. The summed E-state index contributed by atoms with van der Waals surface area (Å²) in [5, 5.41) is 2.07. The van der Waals surface area contributed by atoms with Crippen LogP contribution in [-0.2, 0) is 4.79 Å². The van der Waals surface area contributed by atoms with E-state index in [4.69, 9.17) is 16.2 Å². The van der Waals surface area contributed by atoms with Gasteiger partial charge in [0.05, 0.1) is 6.61 Å². The molecular weight excluding hydrogens is 240 g/mol. The first-order chi connectivity index (χ1) is 9.13. The topological polar surface area (TPSA) is 78.3 Å². The molecule has 1 amide bonds. The van der Waals surface area contributed by atoms with Crippen LogP contribution in [0.15, 0.2) is 36.4 Å². The summed E-state index contributed by atoms with van der Waals surface area (Å²) in [6, 6.07) is 11.3. The van der Waals surface area contributed by atoms with Crippen molar-refractivity contribution in [2.75, 3.05) is 6.61 Å². The van der Waals surface area contributed by atoms with Gasteiger partial charge in [-0.1, -0.05) is 30.3 Å². The van der Waals surface area contributed by atoms with Crippen LogP contribution in [0.25, 0.3) is 10.8 Å². The van der Waals surface area contributed by atoms with E-state index in [-0.39, 0.29) is 6.42 Å². The summed E-state index contributed by atoms with van der Waals surface area (Å²) in [5.74, 6) is 0.304. The summed E-state index contributed by atoms with van der Waals surface area (Å²) in [5.41, 5.74) is 12.2. The van der Waals surface area contributed by atoms with Crippen LogP contribution < -0.4 is 16.2 Å². The second-order valence-corrected chi connectivity index (χ2v) is 4.41. The predicted octanol–water partition coefficient (Wildman–Crippen LogP) is 2.11. The van der Waals surface area contributed by atoms with Crippen molar-refractivity contribution in [1.82, 2.24) is 0 Å². The number of carbonyl (C=O) groups excluding carboxylic acids is 1. The third-order valence-corrected chi connectivity index (χ3v) is 3.02. The molecule has 0 saturated heterocycles. The zero-order chi connectivity index (χ0) is 13.8. The van der Waals surface area contributed by atoms with Crippen LogP contribution in [-0.4, -0.2) is 12.5 Å². The molecule has 19 heavy (non-hydrogen) atoms. The Kier molecular flexibility index (Phi) is 4.02. The van der Waals surface area contributed by atoms with E-state index in [1.807, 2.05) is 43.3 Å². The smallest absolute Gasteiger partial charge is 0.219 e. The standard InChI is InChI=1S/C15H18N2O2/c1-2-19-13-8-7-10-5-3-4-6-11(10)15(13)12(16)9-14(17)18/h3-8,12H,2,9,16H2,1H3,(H2,17,18). The van der Waals surface area contributed by atoms with Gasteiger partial charge in [-0.15, -0.1) is 0 Å². The molecule has 4 nitrogen and oxygen atoms in total. The molecule has 4 N–H and O–H groups in total. The van der Waals surface area contributed by atoms with Crippen LogP contribution in [0.3, 0.4) is 0 Å².